The molecule has 0 spiro atoms. The van der Waals surface area contributed by atoms with Gasteiger partial charge in [-0.15, -0.1) is 24.1 Å². The molecule has 10 heavy (non-hydrogen) atoms. The maximum atomic E-state index is 3.66. The Balaban J connectivity index is 3.46. The summed E-state index contributed by atoms with van der Waals surface area (Å²) in [5.74, 6) is 0. The molecule has 0 bridgehead atoms. The maximum Gasteiger partial charge on any atom is 0.0257 e. The molecule has 0 aromatic carbocycles. The molecule has 0 heterocycles. The summed E-state index contributed by atoms with van der Waals surface area (Å²) in [4.78, 5) is 1.25. The molecule has 0 radical (unpaired) electrons. The first kappa shape index (κ1) is 9.61. The van der Waals surface area contributed by atoms with Gasteiger partial charge in [0.1, 0.15) is 0 Å². The normalized spacial score (nSPS) is 8.50. The predicted octanol–water partition coefficient (Wildman–Crippen LogP) is 3.37. The van der Waals surface area contributed by atoms with Crippen LogP contribution in [0.3, 0.4) is 0 Å². The van der Waals surface area contributed by atoms with Gasteiger partial charge in [-0.05, 0) is 25.5 Å². The van der Waals surface area contributed by atoms with Crippen molar-refractivity contribution in [2.75, 3.05) is 6.26 Å². The van der Waals surface area contributed by atoms with Crippen molar-refractivity contribution in [2.45, 2.75) is 19.3 Å². The van der Waals surface area contributed by atoms with Gasteiger partial charge in [0.2, 0.25) is 0 Å². The van der Waals surface area contributed by atoms with Gasteiger partial charge in [-0.3, -0.25) is 0 Å². The van der Waals surface area contributed by atoms with Crippen molar-refractivity contribution in [1.29, 1.82) is 0 Å². The molecule has 0 atom stereocenters. The van der Waals surface area contributed by atoms with Gasteiger partial charge in [-0.1, -0.05) is 12.7 Å². The lowest BCUT2D eigenvalue weighted by Gasteiger charge is -1.96. The van der Waals surface area contributed by atoms with E-state index in [0.29, 0.717) is 0 Å². The van der Waals surface area contributed by atoms with Gasteiger partial charge >= 0.3 is 0 Å². The van der Waals surface area contributed by atoms with Crippen molar-refractivity contribution >= 4 is 11.8 Å². The highest BCUT2D eigenvalue weighted by atomic mass is 32.2. The Bertz CT molecular complexity index is 141. The van der Waals surface area contributed by atoms with Gasteiger partial charge in [0.05, 0.1) is 0 Å². The van der Waals surface area contributed by atoms with E-state index in [4.69, 9.17) is 0 Å². The fraction of sp³-hybridized carbons (Fsp3) is 0.444. The van der Waals surface area contributed by atoms with Crippen molar-refractivity contribution in [3.63, 3.8) is 0 Å². The van der Waals surface area contributed by atoms with E-state index in [1.54, 1.807) is 11.8 Å². The maximum absolute atomic E-state index is 3.66. The van der Waals surface area contributed by atoms with E-state index in [2.05, 4.69) is 25.1 Å². The molecule has 0 rings (SSSR count). The summed E-state index contributed by atoms with van der Waals surface area (Å²) in [6, 6.07) is 0. The molecule has 1 heteroatoms. The minimum Gasteiger partial charge on any atom is -0.126 e. The number of hydrogen-bond donors (Lipinski definition) is 0. The lowest BCUT2D eigenvalue weighted by Crippen LogP contribution is -1.74. The van der Waals surface area contributed by atoms with Crippen LogP contribution in [0.1, 0.15) is 19.3 Å². The Kier molecular flexibility index (Phi) is 6.46. The van der Waals surface area contributed by atoms with Crippen molar-refractivity contribution in [2.24, 2.45) is 0 Å². The zero-order chi connectivity index (χ0) is 7.82. The Morgan fingerprint density at radius 2 is 2.40 bits per heavy atom. The summed E-state index contributed by atoms with van der Waals surface area (Å²) >= 11 is 1.73. The first-order valence-electron chi connectivity index (χ1n) is 3.39. The zero-order valence-corrected chi connectivity index (χ0v) is 7.34. The Hall–Kier alpha value is -0.390. The number of unbranched alkanes of at least 4 members (excludes halogenated alkanes) is 1. The highest BCUT2D eigenvalue weighted by molar-refractivity contribution is 8.02. The minimum absolute atomic E-state index is 1.09. The quantitative estimate of drug-likeness (QED) is 0.332. The zero-order valence-electron chi connectivity index (χ0n) is 6.52. The van der Waals surface area contributed by atoms with E-state index >= 15 is 0 Å². The first-order chi connectivity index (χ1) is 4.85. The molecule has 0 aromatic heterocycles. The molecule has 0 fully saturated rings. The predicted molar refractivity (Wildman–Crippen MR) is 50.2 cm³/mol. The molecule has 0 saturated carbocycles. The molecule has 0 aliphatic rings. The summed E-state index contributed by atoms with van der Waals surface area (Å²) in [5, 5.41) is 0. The van der Waals surface area contributed by atoms with Crippen LogP contribution >= 0.6 is 11.8 Å². The third-order valence-corrected chi connectivity index (χ3v) is 2.10. The molecule has 0 amide bonds. The molecule has 56 valence electrons. The van der Waals surface area contributed by atoms with Crippen LogP contribution in [0.25, 0.3) is 0 Å². The van der Waals surface area contributed by atoms with Gasteiger partial charge in [0, 0.05) is 4.91 Å². The van der Waals surface area contributed by atoms with E-state index in [1.165, 1.54) is 11.3 Å². The lowest BCUT2D eigenvalue weighted by atomic mass is 10.2. The highest BCUT2D eigenvalue weighted by Crippen LogP contribution is 2.16. The Morgan fingerprint density at radius 1 is 1.70 bits per heavy atom. The fourth-order valence-corrected chi connectivity index (χ4v) is 1.16. The smallest absolute Gasteiger partial charge is 0.0257 e. The third kappa shape index (κ3) is 4.49. The van der Waals surface area contributed by atoms with Gasteiger partial charge < -0.3 is 0 Å². The average molecular weight is 154 g/mol. The molecule has 0 saturated heterocycles. The molecule has 0 aliphatic carbocycles. The summed E-state index contributed by atoms with van der Waals surface area (Å²) < 4.78 is 0. The van der Waals surface area contributed by atoms with Gasteiger partial charge in [0.15, 0.2) is 0 Å². The fourth-order valence-electron chi connectivity index (χ4n) is 0.670. The highest BCUT2D eigenvalue weighted by Gasteiger charge is 1.90. The van der Waals surface area contributed by atoms with Gasteiger partial charge in [-0.2, -0.15) is 0 Å². The monoisotopic (exact) mass is 154 g/mol. The average Bonchev–Trinajstić information content (AvgIpc) is 1.99. The summed E-state index contributed by atoms with van der Waals surface area (Å²) in [7, 11) is 0. The van der Waals surface area contributed by atoms with Crippen LogP contribution in [0.15, 0.2) is 29.9 Å². The molecular weight excluding hydrogens is 140 g/mol. The second-order valence-electron chi connectivity index (χ2n) is 1.98. The molecule has 0 N–H and O–H groups in total. The SMILES string of the molecule is C=C=C(CCCC=C)SC. The Labute approximate surface area is 67.7 Å². The van der Waals surface area contributed by atoms with Crippen LogP contribution in [-0.4, -0.2) is 6.26 Å². The van der Waals surface area contributed by atoms with Crippen LogP contribution < -0.4 is 0 Å². The lowest BCUT2D eigenvalue weighted by molar-refractivity contribution is 0.863. The van der Waals surface area contributed by atoms with Crippen molar-refractivity contribution in [3.05, 3.63) is 29.9 Å². The summed E-state index contributed by atoms with van der Waals surface area (Å²) in [5.41, 5.74) is 2.91. The number of rotatable bonds is 5. The van der Waals surface area contributed by atoms with E-state index in [1.807, 2.05) is 6.08 Å². The summed E-state index contributed by atoms with van der Waals surface area (Å²) in [6.45, 7) is 7.26. The van der Waals surface area contributed by atoms with Crippen LogP contribution in [0.2, 0.25) is 0 Å². The Morgan fingerprint density at radius 3 is 2.80 bits per heavy atom. The largest absolute Gasteiger partial charge is 0.126 e. The van der Waals surface area contributed by atoms with E-state index in [0.717, 1.165) is 12.8 Å². The van der Waals surface area contributed by atoms with Crippen molar-refractivity contribution < 1.29 is 0 Å². The van der Waals surface area contributed by atoms with Crippen LogP contribution in [0.5, 0.6) is 0 Å². The van der Waals surface area contributed by atoms with Crippen LogP contribution in [0.4, 0.5) is 0 Å². The summed E-state index contributed by atoms with van der Waals surface area (Å²) in [6.07, 6.45) is 7.35. The molecule has 0 aliphatic heterocycles. The second-order valence-corrected chi connectivity index (χ2v) is 2.89. The van der Waals surface area contributed by atoms with Crippen molar-refractivity contribution in [1.82, 2.24) is 0 Å². The standard InChI is InChI=1S/C9H14S/c1-4-6-7-8-9(5-2)10-3/h4H,1-2,6-8H2,3H3. The van der Waals surface area contributed by atoms with Crippen molar-refractivity contribution in [3.8, 4) is 0 Å². The number of thioether (sulfide) groups is 1. The first-order valence-corrected chi connectivity index (χ1v) is 4.61. The third-order valence-electron chi connectivity index (χ3n) is 1.26. The minimum atomic E-state index is 1.09. The number of allylic oxidation sites excluding steroid dienone is 2. The molecular formula is C9H14S. The molecule has 0 unspecified atom stereocenters. The molecule has 0 nitrogen and oxygen atoms in total. The second kappa shape index (κ2) is 6.73. The van der Waals surface area contributed by atoms with Gasteiger partial charge in [-0.25, -0.2) is 0 Å². The van der Waals surface area contributed by atoms with Crippen LogP contribution in [-0.2, 0) is 0 Å². The number of hydrogen-bond acceptors (Lipinski definition) is 1. The van der Waals surface area contributed by atoms with Gasteiger partial charge in [0.25, 0.3) is 0 Å². The van der Waals surface area contributed by atoms with Crippen LogP contribution in [0, 0.1) is 0 Å². The van der Waals surface area contributed by atoms with E-state index < -0.39 is 0 Å². The van der Waals surface area contributed by atoms with E-state index in [9.17, 15) is 0 Å². The van der Waals surface area contributed by atoms with E-state index in [-0.39, 0.29) is 0 Å². The molecule has 0 aromatic rings. The topological polar surface area (TPSA) is 0 Å².